The molecule has 0 aliphatic heterocycles. The molecule has 32 heavy (non-hydrogen) atoms. The molecule has 0 fully saturated rings. The number of carbonyl (C=O) groups excluding carboxylic acids is 1. The third-order valence-corrected chi connectivity index (χ3v) is 5.62. The number of H-pyrrole nitrogens is 1. The van der Waals surface area contributed by atoms with Crippen molar-refractivity contribution in [2.75, 3.05) is 11.9 Å². The summed E-state index contributed by atoms with van der Waals surface area (Å²) in [5.41, 5.74) is 2.10. The Morgan fingerprint density at radius 2 is 2.00 bits per heavy atom. The van der Waals surface area contributed by atoms with Crippen LogP contribution in [-0.2, 0) is 4.79 Å². The molecular weight excluding hydrogens is 426 g/mol. The van der Waals surface area contributed by atoms with Gasteiger partial charge >= 0.3 is 0 Å². The van der Waals surface area contributed by atoms with Crippen LogP contribution in [0.5, 0.6) is 5.75 Å². The number of benzene rings is 1. The molecule has 1 aromatic carbocycles. The number of nitrogens with one attached hydrogen (secondary N) is 2. The zero-order chi connectivity index (χ0) is 22.7. The number of ether oxygens (including phenoxy) is 1. The van der Waals surface area contributed by atoms with Crippen LogP contribution in [0, 0.1) is 6.92 Å². The standard InChI is InChI=1S/C23H23N5O3S/c1-14(2)16-6-8-17(9-7-16)31-13-22(30)25-20-12-18(19-5-4-10-32-19)27-28(20)23-24-15(3)11-21(29)26-23/h4-12,14H,13H2,1-3H3,(H,25,30)(H,24,26,29). The Morgan fingerprint density at radius 3 is 2.66 bits per heavy atom. The molecule has 0 aliphatic carbocycles. The Bertz CT molecular complexity index is 1270. The molecule has 0 unspecified atom stereocenters. The number of nitrogens with zero attached hydrogens (tertiary/aromatic N) is 3. The normalized spacial score (nSPS) is 11.0. The van der Waals surface area contributed by atoms with Crippen LogP contribution in [-0.4, -0.2) is 32.3 Å². The lowest BCUT2D eigenvalue weighted by atomic mass is 10.0. The molecule has 0 saturated heterocycles. The van der Waals surface area contributed by atoms with E-state index in [1.165, 1.54) is 27.6 Å². The van der Waals surface area contributed by atoms with Crippen molar-refractivity contribution in [1.82, 2.24) is 19.7 Å². The van der Waals surface area contributed by atoms with E-state index in [0.29, 0.717) is 28.9 Å². The summed E-state index contributed by atoms with van der Waals surface area (Å²) in [6.07, 6.45) is 0. The van der Waals surface area contributed by atoms with Gasteiger partial charge in [0.2, 0.25) is 5.95 Å². The van der Waals surface area contributed by atoms with E-state index >= 15 is 0 Å². The van der Waals surface area contributed by atoms with Gasteiger partial charge < -0.3 is 10.1 Å². The summed E-state index contributed by atoms with van der Waals surface area (Å²) in [6, 6.07) is 14.7. The van der Waals surface area contributed by atoms with E-state index in [1.54, 1.807) is 13.0 Å². The minimum Gasteiger partial charge on any atom is -0.484 e. The molecule has 2 N–H and O–H groups in total. The number of thiophene rings is 1. The number of aryl methyl sites for hydroxylation is 1. The molecule has 0 saturated carbocycles. The van der Waals surface area contributed by atoms with Gasteiger partial charge in [-0.25, -0.2) is 4.98 Å². The molecule has 8 nitrogen and oxygen atoms in total. The average Bonchev–Trinajstić information content (AvgIpc) is 3.42. The number of aromatic nitrogens is 4. The molecule has 1 amide bonds. The van der Waals surface area contributed by atoms with Gasteiger partial charge in [0.05, 0.1) is 4.88 Å². The van der Waals surface area contributed by atoms with Gasteiger partial charge in [0, 0.05) is 17.8 Å². The van der Waals surface area contributed by atoms with Crippen molar-refractivity contribution in [2.45, 2.75) is 26.7 Å². The second kappa shape index (κ2) is 9.19. The maximum Gasteiger partial charge on any atom is 0.263 e. The largest absolute Gasteiger partial charge is 0.484 e. The summed E-state index contributed by atoms with van der Waals surface area (Å²) in [6.45, 7) is 5.79. The predicted octanol–water partition coefficient (Wildman–Crippen LogP) is 4.13. The molecule has 164 valence electrons. The van der Waals surface area contributed by atoms with Gasteiger partial charge in [-0.3, -0.25) is 14.6 Å². The molecule has 4 rings (SSSR count). The highest BCUT2D eigenvalue weighted by molar-refractivity contribution is 7.13. The molecular formula is C23H23N5O3S. The minimum atomic E-state index is -0.355. The maximum atomic E-state index is 12.6. The number of hydrogen-bond donors (Lipinski definition) is 2. The van der Waals surface area contributed by atoms with E-state index in [1.807, 2.05) is 41.8 Å². The molecule has 3 heterocycles. The highest BCUT2D eigenvalue weighted by Gasteiger charge is 2.16. The maximum absolute atomic E-state index is 12.6. The van der Waals surface area contributed by atoms with Crippen molar-refractivity contribution in [3.05, 3.63) is 75.5 Å². The van der Waals surface area contributed by atoms with E-state index < -0.39 is 0 Å². The van der Waals surface area contributed by atoms with Gasteiger partial charge in [-0.2, -0.15) is 9.78 Å². The lowest BCUT2D eigenvalue weighted by Gasteiger charge is -2.10. The first-order valence-corrected chi connectivity index (χ1v) is 11.0. The second-order valence-electron chi connectivity index (χ2n) is 7.57. The van der Waals surface area contributed by atoms with Crippen molar-refractivity contribution >= 4 is 23.1 Å². The molecule has 0 spiro atoms. The molecule has 0 atom stereocenters. The fraction of sp³-hybridized carbons (Fsp3) is 0.217. The highest BCUT2D eigenvalue weighted by atomic mass is 32.1. The zero-order valence-electron chi connectivity index (χ0n) is 18.0. The van der Waals surface area contributed by atoms with Crippen molar-refractivity contribution in [2.24, 2.45) is 0 Å². The van der Waals surface area contributed by atoms with E-state index in [2.05, 4.69) is 34.2 Å². The van der Waals surface area contributed by atoms with Crippen LogP contribution < -0.4 is 15.6 Å². The fourth-order valence-electron chi connectivity index (χ4n) is 3.12. The number of aromatic amines is 1. The summed E-state index contributed by atoms with van der Waals surface area (Å²) in [5, 5.41) is 9.29. The molecule has 0 aliphatic rings. The number of rotatable bonds is 7. The first kappa shape index (κ1) is 21.5. The van der Waals surface area contributed by atoms with Crippen LogP contribution in [0.3, 0.4) is 0 Å². The quantitative estimate of drug-likeness (QED) is 0.442. The van der Waals surface area contributed by atoms with Crippen LogP contribution in [0.15, 0.2) is 58.7 Å². The third-order valence-electron chi connectivity index (χ3n) is 4.73. The molecule has 0 bridgehead atoms. The Morgan fingerprint density at radius 1 is 1.22 bits per heavy atom. The van der Waals surface area contributed by atoms with Crippen molar-refractivity contribution < 1.29 is 9.53 Å². The topological polar surface area (TPSA) is 102 Å². The lowest BCUT2D eigenvalue weighted by Crippen LogP contribution is -2.23. The first-order chi connectivity index (χ1) is 15.4. The van der Waals surface area contributed by atoms with Crippen molar-refractivity contribution in [3.63, 3.8) is 0 Å². The predicted molar refractivity (Wildman–Crippen MR) is 125 cm³/mol. The smallest absolute Gasteiger partial charge is 0.263 e. The summed E-state index contributed by atoms with van der Waals surface area (Å²) in [7, 11) is 0. The summed E-state index contributed by atoms with van der Waals surface area (Å²) < 4.78 is 7.04. The third kappa shape index (κ3) is 4.94. The Kier molecular flexibility index (Phi) is 6.18. The number of hydrogen-bond acceptors (Lipinski definition) is 6. The van der Waals surface area contributed by atoms with Gasteiger partial charge in [-0.15, -0.1) is 11.3 Å². The monoisotopic (exact) mass is 449 g/mol. The number of anilines is 1. The summed E-state index contributed by atoms with van der Waals surface area (Å²) >= 11 is 1.52. The Balaban J connectivity index is 1.55. The Hall–Kier alpha value is -3.72. The van der Waals surface area contributed by atoms with E-state index in [0.717, 1.165) is 4.88 Å². The van der Waals surface area contributed by atoms with Crippen LogP contribution in [0.25, 0.3) is 16.5 Å². The molecule has 0 radical (unpaired) electrons. The zero-order valence-corrected chi connectivity index (χ0v) is 18.8. The fourth-order valence-corrected chi connectivity index (χ4v) is 3.80. The second-order valence-corrected chi connectivity index (χ2v) is 8.52. The first-order valence-electron chi connectivity index (χ1n) is 10.1. The number of amides is 1. The molecule has 4 aromatic rings. The summed E-state index contributed by atoms with van der Waals surface area (Å²) in [5.74, 6) is 1.28. The van der Waals surface area contributed by atoms with E-state index in [9.17, 15) is 9.59 Å². The minimum absolute atomic E-state index is 0.168. The van der Waals surface area contributed by atoms with Gasteiger partial charge in [0.1, 0.15) is 17.3 Å². The SMILES string of the molecule is Cc1cc(=O)[nH]c(-n2nc(-c3cccs3)cc2NC(=O)COc2ccc(C(C)C)cc2)n1. The number of carbonyl (C=O) groups is 1. The molecule has 3 aromatic heterocycles. The van der Waals surface area contributed by atoms with E-state index in [-0.39, 0.29) is 24.0 Å². The lowest BCUT2D eigenvalue weighted by molar-refractivity contribution is -0.118. The van der Waals surface area contributed by atoms with Crippen LogP contribution in [0.2, 0.25) is 0 Å². The highest BCUT2D eigenvalue weighted by Crippen LogP contribution is 2.27. The van der Waals surface area contributed by atoms with Crippen molar-refractivity contribution in [3.8, 4) is 22.3 Å². The van der Waals surface area contributed by atoms with Gasteiger partial charge in [0.15, 0.2) is 6.61 Å². The van der Waals surface area contributed by atoms with Crippen molar-refractivity contribution in [1.29, 1.82) is 0 Å². The van der Waals surface area contributed by atoms with Crippen LogP contribution in [0.1, 0.15) is 31.0 Å². The van der Waals surface area contributed by atoms with Crippen LogP contribution >= 0.6 is 11.3 Å². The van der Waals surface area contributed by atoms with Gasteiger partial charge in [0.25, 0.3) is 11.5 Å². The molecule has 9 heteroatoms. The average molecular weight is 450 g/mol. The Labute approximate surface area is 188 Å². The van der Waals surface area contributed by atoms with Gasteiger partial charge in [-0.1, -0.05) is 32.0 Å². The van der Waals surface area contributed by atoms with E-state index in [4.69, 9.17) is 4.74 Å². The van der Waals surface area contributed by atoms with Gasteiger partial charge in [-0.05, 0) is 42.0 Å². The van der Waals surface area contributed by atoms with Crippen LogP contribution in [0.4, 0.5) is 5.82 Å². The summed E-state index contributed by atoms with van der Waals surface area (Å²) in [4.78, 5) is 32.5.